The summed E-state index contributed by atoms with van der Waals surface area (Å²) < 4.78 is 15.7. The number of morpholine rings is 1. The molecular formula is C13H27NO5. The van der Waals surface area contributed by atoms with Gasteiger partial charge in [-0.05, 0) is 6.92 Å². The molecule has 0 unspecified atom stereocenters. The van der Waals surface area contributed by atoms with Crippen molar-refractivity contribution in [2.45, 2.75) is 58.0 Å². The van der Waals surface area contributed by atoms with Gasteiger partial charge in [0.1, 0.15) is 0 Å². The lowest BCUT2D eigenvalue weighted by atomic mass is 9.97. The highest BCUT2D eigenvalue weighted by molar-refractivity contribution is 4.88. The number of nitrogens with zero attached hydrogens (tertiary/aromatic N) is 1. The van der Waals surface area contributed by atoms with Gasteiger partial charge in [0, 0.05) is 32.7 Å². The van der Waals surface area contributed by atoms with Crippen LogP contribution in [0.3, 0.4) is 0 Å². The van der Waals surface area contributed by atoms with E-state index in [9.17, 15) is 10.2 Å². The smallest absolute Gasteiger partial charge is 0.169 e. The molecule has 0 amide bonds. The number of methoxy groups -OCH3 is 1. The molecule has 6 heteroatoms. The molecule has 0 spiro atoms. The quantitative estimate of drug-likeness (QED) is 0.750. The van der Waals surface area contributed by atoms with Crippen LogP contribution in [-0.4, -0.2) is 72.7 Å². The summed E-state index contributed by atoms with van der Waals surface area (Å²) in [6.45, 7) is 7.69. The van der Waals surface area contributed by atoms with Crippen molar-refractivity contribution in [1.29, 1.82) is 0 Å². The van der Waals surface area contributed by atoms with Gasteiger partial charge in [0.25, 0.3) is 0 Å². The fraction of sp³-hybridized carbons (Fsp3) is 1.00. The van der Waals surface area contributed by atoms with Gasteiger partial charge < -0.3 is 24.4 Å². The first-order valence-electron chi connectivity index (χ1n) is 7.02. The van der Waals surface area contributed by atoms with E-state index in [2.05, 4.69) is 4.90 Å². The number of ether oxygens (including phenoxy) is 3. The normalized spacial score (nSPS) is 40.4. The molecule has 2 saturated heterocycles. The van der Waals surface area contributed by atoms with Crippen molar-refractivity contribution in [3.8, 4) is 0 Å². The van der Waals surface area contributed by atoms with E-state index in [-0.39, 0.29) is 18.4 Å². The third-order valence-electron chi connectivity index (χ3n) is 3.49. The molecule has 2 heterocycles. The average molecular weight is 277 g/mol. The Balaban J connectivity index is 0.000000861. The van der Waals surface area contributed by atoms with Crippen molar-refractivity contribution in [3.05, 3.63) is 0 Å². The molecule has 114 valence electrons. The average Bonchev–Trinajstić information content (AvgIpc) is 2.45. The van der Waals surface area contributed by atoms with E-state index in [0.717, 1.165) is 6.54 Å². The van der Waals surface area contributed by atoms with Crippen LogP contribution < -0.4 is 0 Å². The van der Waals surface area contributed by atoms with Crippen LogP contribution in [-0.2, 0) is 14.2 Å². The third-order valence-corrected chi connectivity index (χ3v) is 3.49. The number of aliphatic hydroxyl groups excluding tert-OH is 2. The molecule has 0 saturated carbocycles. The minimum absolute atomic E-state index is 0.102. The standard InChI is InChI=1S/C11H21NO5.C2H6/c1-7-11(14)8(5-9(13)17-7)12-3-4-16-10(6-12)15-2;1-2/h7-11,13-14H,3-6H2,1-2H3;1-2H3/t7-,8-,9+,10-,11+;/m1./s1. The molecule has 19 heavy (non-hydrogen) atoms. The Bertz CT molecular complexity index is 253. The lowest BCUT2D eigenvalue weighted by Gasteiger charge is -2.44. The minimum atomic E-state index is -0.803. The summed E-state index contributed by atoms with van der Waals surface area (Å²) in [6.07, 6.45) is -1.59. The molecule has 2 aliphatic rings. The Morgan fingerprint density at radius 1 is 1.26 bits per heavy atom. The Hall–Kier alpha value is -0.240. The molecule has 0 aliphatic carbocycles. The molecule has 5 atom stereocenters. The molecular weight excluding hydrogens is 250 g/mol. The number of hydrogen-bond donors (Lipinski definition) is 2. The zero-order valence-electron chi connectivity index (χ0n) is 12.3. The number of rotatable bonds is 2. The lowest BCUT2D eigenvalue weighted by molar-refractivity contribution is -0.234. The molecule has 0 aromatic rings. The zero-order chi connectivity index (χ0) is 14.4. The van der Waals surface area contributed by atoms with Crippen LogP contribution in [0.4, 0.5) is 0 Å². The summed E-state index contributed by atoms with van der Waals surface area (Å²) in [5.74, 6) is 0. The van der Waals surface area contributed by atoms with Crippen molar-refractivity contribution in [2.75, 3.05) is 26.8 Å². The van der Waals surface area contributed by atoms with E-state index < -0.39 is 12.4 Å². The maximum absolute atomic E-state index is 10.1. The Labute approximate surface area is 115 Å². The number of hydrogen-bond acceptors (Lipinski definition) is 6. The van der Waals surface area contributed by atoms with E-state index in [1.165, 1.54) is 0 Å². The zero-order valence-corrected chi connectivity index (χ0v) is 12.3. The van der Waals surface area contributed by atoms with Gasteiger partial charge in [0.2, 0.25) is 0 Å². The van der Waals surface area contributed by atoms with Gasteiger partial charge in [-0.15, -0.1) is 0 Å². The van der Waals surface area contributed by atoms with E-state index in [4.69, 9.17) is 14.2 Å². The minimum Gasteiger partial charge on any atom is -0.389 e. The molecule has 6 nitrogen and oxygen atoms in total. The highest BCUT2D eigenvalue weighted by Gasteiger charge is 2.39. The second-order valence-corrected chi connectivity index (χ2v) is 4.62. The maximum atomic E-state index is 10.1. The molecule has 2 aliphatic heterocycles. The molecule has 0 bridgehead atoms. The summed E-state index contributed by atoms with van der Waals surface area (Å²) >= 11 is 0. The van der Waals surface area contributed by atoms with E-state index >= 15 is 0 Å². The summed E-state index contributed by atoms with van der Waals surface area (Å²) in [5.41, 5.74) is 0. The van der Waals surface area contributed by atoms with Crippen LogP contribution in [0.1, 0.15) is 27.2 Å². The molecule has 2 rings (SSSR count). The Morgan fingerprint density at radius 2 is 1.95 bits per heavy atom. The predicted molar refractivity (Wildman–Crippen MR) is 70.6 cm³/mol. The Kier molecular flexibility index (Phi) is 7.20. The summed E-state index contributed by atoms with van der Waals surface area (Å²) in [5, 5.41) is 19.7. The second kappa shape index (κ2) is 8.14. The molecule has 2 N–H and O–H groups in total. The van der Waals surface area contributed by atoms with E-state index in [0.29, 0.717) is 19.6 Å². The van der Waals surface area contributed by atoms with Crippen LogP contribution in [0.5, 0.6) is 0 Å². The highest BCUT2D eigenvalue weighted by Crippen LogP contribution is 2.24. The number of aliphatic hydroxyl groups is 2. The maximum Gasteiger partial charge on any atom is 0.169 e. The highest BCUT2D eigenvalue weighted by atomic mass is 16.7. The fourth-order valence-corrected chi connectivity index (χ4v) is 2.49. The topological polar surface area (TPSA) is 71.4 Å². The van der Waals surface area contributed by atoms with Crippen LogP contribution in [0.2, 0.25) is 0 Å². The monoisotopic (exact) mass is 277 g/mol. The molecule has 0 aromatic carbocycles. The largest absolute Gasteiger partial charge is 0.389 e. The van der Waals surface area contributed by atoms with Crippen LogP contribution in [0.15, 0.2) is 0 Å². The van der Waals surface area contributed by atoms with Crippen LogP contribution >= 0.6 is 0 Å². The predicted octanol–water partition coefficient (Wildman–Crippen LogP) is 0.174. The van der Waals surface area contributed by atoms with Crippen molar-refractivity contribution in [2.24, 2.45) is 0 Å². The van der Waals surface area contributed by atoms with Gasteiger partial charge in [-0.25, -0.2) is 0 Å². The van der Waals surface area contributed by atoms with Crippen LogP contribution in [0, 0.1) is 0 Å². The molecule has 0 radical (unpaired) electrons. The summed E-state index contributed by atoms with van der Waals surface area (Å²) in [7, 11) is 1.60. The molecule has 2 fully saturated rings. The van der Waals surface area contributed by atoms with Gasteiger partial charge in [-0.3, -0.25) is 4.90 Å². The van der Waals surface area contributed by atoms with Crippen molar-refractivity contribution in [3.63, 3.8) is 0 Å². The van der Waals surface area contributed by atoms with Gasteiger partial charge in [0.05, 0.1) is 18.8 Å². The summed E-state index contributed by atoms with van der Waals surface area (Å²) in [6, 6.07) is -0.102. The third kappa shape index (κ3) is 4.37. The lowest BCUT2D eigenvalue weighted by Crippen LogP contribution is -2.58. The fourth-order valence-electron chi connectivity index (χ4n) is 2.49. The first kappa shape index (κ1) is 16.8. The van der Waals surface area contributed by atoms with Crippen LogP contribution in [0.25, 0.3) is 0 Å². The van der Waals surface area contributed by atoms with E-state index in [1.54, 1.807) is 14.0 Å². The SMILES string of the molecule is CC.CO[C@H]1CN([C@@H]2C[C@@H](O)O[C@H](C)[C@@H]2O)CCO1. The van der Waals surface area contributed by atoms with Gasteiger partial charge in [-0.2, -0.15) is 0 Å². The van der Waals surface area contributed by atoms with E-state index in [1.807, 2.05) is 13.8 Å². The van der Waals surface area contributed by atoms with Crippen molar-refractivity contribution in [1.82, 2.24) is 4.90 Å². The van der Waals surface area contributed by atoms with Crippen molar-refractivity contribution < 1.29 is 24.4 Å². The van der Waals surface area contributed by atoms with Gasteiger partial charge >= 0.3 is 0 Å². The first-order chi connectivity index (χ1) is 9.11. The van der Waals surface area contributed by atoms with Crippen molar-refractivity contribution >= 4 is 0 Å². The first-order valence-corrected chi connectivity index (χ1v) is 7.02. The molecule has 0 aromatic heterocycles. The summed E-state index contributed by atoms with van der Waals surface area (Å²) in [4.78, 5) is 2.10. The van der Waals surface area contributed by atoms with Gasteiger partial charge in [0.15, 0.2) is 12.6 Å². The van der Waals surface area contributed by atoms with Gasteiger partial charge in [-0.1, -0.05) is 13.8 Å². The Morgan fingerprint density at radius 3 is 2.58 bits per heavy atom. The second-order valence-electron chi connectivity index (χ2n) is 4.62.